The average Bonchev–Trinajstić information content (AvgIpc) is 3.26. The topological polar surface area (TPSA) is 96.0 Å². The van der Waals surface area contributed by atoms with E-state index in [0.717, 1.165) is 5.56 Å². The molecule has 182 valence electrons. The van der Waals surface area contributed by atoms with Crippen molar-refractivity contribution in [2.75, 3.05) is 37.0 Å². The second-order valence-electron chi connectivity index (χ2n) is 8.46. The summed E-state index contributed by atoms with van der Waals surface area (Å²) < 4.78 is 34.6. The van der Waals surface area contributed by atoms with Crippen molar-refractivity contribution < 1.29 is 22.7 Å². The summed E-state index contributed by atoms with van der Waals surface area (Å²) in [7, 11) is -2.28. The molecule has 1 N–H and O–H groups in total. The molecule has 2 heterocycles. The largest absolute Gasteiger partial charge is 0.497 e. The summed E-state index contributed by atoms with van der Waals surface area (Å²) in [5, 5.41) is 2.90. The summed E-state index contributed by atoms with van der Waals surface area (Å²) in [5.74, 6) is 0.138. The van der Waals surface area contributed by atoms with E-state index in [1.54, 1.807) is 49.3 Å². The van der Waals surface area contributed by atoms with E-state index < -0.39 is 10.0 Å². The van der Waals surface area contributed by atoms with Crippen LogP contribution in [0.4, 0.5) is 11.4 Å². The summed E-state index contributed by atoms with van der Waals surface area (Å²) >= 11 is 3.43. The molecule has 10 heteroatoms. The molecule has 2 aliphatic heterocycles. The SMILES string of the molecule is CCC(=O)N1CCc2cc(Br)cc(S(=O)(=O)N3CCC(C(=O)Nc4cccc(OC)c4)CC3)c21. The number of nitrogens with zero attached hydrogens (tertiary/aromatic N) is 2. The fourth-order valence-corrected chi connectivity index (χ4v) is 6.94. The zero-order valence-corrected chi connectivity index (χ0v) is 21.6. The zero-order valence-electron chi connectivity index (χ0n) is 19.2. The van der Waals surface area contributed by atoms with E-state index in [-0.39, 0.29) is 35.7 Å². The van der Waals surface area contributed by atoms with Crippen LogP contribution in [0.25, 0.3) is 0 Å². The number of carbonyl (C=O) groups is 2. The first kappa shape index (κ1) is 24.7. The minimum absolute atomic E-state index is 0.0922. The third-order valence-electron chi connectivity index (χ3n) is 6.38. The number of carbonyl (C=O) groups excluding carboxylic acids is 2. The second kappa shape index (κ2) is 10.1. The van der Waals surface area contributed by atoms with Crippen molar-refractivity contribution >= 4 is 49.1 Å². The van der Waals surface area contributed by atoms with Crippen molar-refractivity contribution in [1.82, 2.24) is 4.31 Å². The van der Waals surface area contributed by atoms with Crippen LogP contribution in [0, 0.1) is 5.92 Å². The highest BCUT2D eigenvalue weighted by Crippen LogP contribution is 2.39. The Morgan fingerprint density at radius 3 is 2.56 bits per heavy atom. The number of ether oxygens (including phenoxy) is 1. The number of hydrogen-bond donors (Lipinski definition) is 1. The Bertz CT molecular complexity index is 1210. The molecule has 0 spiro atoms. The van der Waals surface area contributed by atoms with Gasteiger partial charge in [-0.05, 0) is 49.1 Å². The van der Waals surface area contributed by atoms with Gasteiger partial charge >= 0.3 is 0 Å². The highest BCUT2D eigenvalue weighted by atomic mass is 79.9. The normalized spacial score (nSPS) is 16.9. The number of rotatable bonds is 6. The Labute approximate surface area is 208 Å². The van der Waals surface area contributed by atoms with E-state index in [2.05, 4.69) is 21.2 Å². The minimum atomic E-state index is -3.84. The molecule has 0 unspecified atom stereocenters. The average molecular weight is 550 g/mol. The van der Waals surface area contributed by atoms with Gasteiger partial charge in [0.2, 0.25) is 21.8 Å². The fraction of sp³-hybridized carbons (Fsp3) is 0.417. The van der Waals surface area contributed by atoms with Gasteiger partial charge in [0.05, 0.1) is 12.8 Å². The second-order valence-corrected chi connectivity index (χ2v) is 11.3. The predicted molar refractivity (Wildman–Crippen MR) is 134 cm³/mol. The van der Waals surface area contributed by atoms with Crippen molar-refractivity contribution in [3.8, 4) is 5.75 Å². The third kappa shape index (κ3) is 4.85. The summed E-state index contributed by atoms with van der Waals surface area (Å²) in [6.07, 6.45) is 1.77. The molecule has 0 bridgehead atoms. The number of anilines is 2. The molecule has 0 aromatic heterocycles. The van der Waals surface area contributed by atoms with Gasteiger partial charge in [-0.1, -0.05) is 28.9 Å². The van der Waals surface area contributed by atoms with E-state index in [4.69, 9.17) is 4.74 Å². The first-order valence-corrected chi connectivity index (χ1v) is 13.6. The van der Waals surface area contributed by atoms with Crippen molar-refractivity contribution in [1.29, 1.82) is 0 Å². The molecule has 1 saturated heterocycles. The number of halogens is 1. The van der Waals surface area contributed by atoms with Crippen LogP contribution in [0.1, 0.15) is 31.7 Å². The Morgan fingerprint density at radius 1 is 1.15 bits per heavy atom. The molecule has 2 aliphatic rings. The third-order valence-corrected chi connectivity index (χ3v) is 8.75. The van der Waals surface area contributed by atoms with E-state index >= 15 is 0 Å². The van der Waals surface area contributed by atoms with Crippen LogP contribution in [0.2, 0.25) is 0 Å². The molecule has 2 aromatic carbocycles. The quantitative estimate of drug-likeness (QED) is 0.591. The number of hydrogen-bond acceptors (Lipinski definition) is 5. The van der Waals surface area contributed by atoms with Gasteiger partial charge in [-0.2, -0.15) is 4.31 Å². The lowest BCUT2D eigenvalue weighted by atomic mass is 9.97. The van der Waals surface area contributed by atoms with Crippen LogP contribution < -0.4 is 15.0 Å². The Hall–Kier alpha value is -2.43. The van der Waals surface area contributed by atoms with Gasteiger partial charge in [0.1, 0.15) is 10.6 Å². The van der Waals surface area contributed by atoms with E-state index in [1.165, 1.54) is 4.31 Å². The molecule has 0 atom stereocenters. The van der Waals surface area contributed by atoms with Gasteiger partial charge in [-0.15, -0.1) is 0 Å². The van der Waals surface area contributed by atoms with E-state index in [0.29, 0.717) is 53.8 Å². The smallest absolute Gasteiger partial charge is 0.245 e. The number of fused-ring (bicyclic) bond motifs is 1. The van der Waals surface area contributed by atoms with Crippen molar-refractivity contribution in [2.45, 2.75) is 37.5 Å². The Morgan fingerprint density at radius 2 is 1.88 bits per heavy atom. The van der Waals surface area contributed by atoms with Crippen molar-refractivity contribution in [3.63, 3.8) is 0 Å². The van der Waals surface area contributed by atoms with Crippen LogP contribution in [0.15, 0.2) is 45.8 Å². The minimum Gasteiger partial charge on any atom is -0.497 e. The number of benzene rings is 2. The van der Waals surface area contributed by atoms with Gasteiger partial charge in [0.25, 0.3) is 0 Å². The van der Waals surface area contributed by atoms with E-state index in [1.807, 2.05) is 6.07 Å². The summed E-state index contributed by atoms with van der Waals surface area (Å²) in [5.41, 5.74) is 1.99. The molecule has 4 rings (SSSR count). The highest BCUT2D eigenvalue weighted by Gasteiger charge is 2.37. The molecule has 1 fully saturated rings. The summed E-state index contributed by atoms with van der Waals surface area (Å²) in [6, 6.07) is 10.6. The molecule has 2 amide bonds. The Kier molecular flexibility index (Phi) is 7.30. The number of sulfonamides is 1. The molecule has 0 saturated carbocycles. The van der Waals surface area contributed by atoms with Gasteiger partial charge in [0, 0.05) is 48.2 Å². The lowest BCUT2D eigenvalue weighted by molar-refractivity contribution is -0.121. The van der Waals surface area contributed by atoms with Crippen LogP contribution in [0.3, 0.4) is 0 Å². The highest BCUT2D eigenvalue weighted by molar-refractivity contribution is 9.10. The first-order valence-electron chi connectivity index (χ1n) is 11.3. The van der Waals surface area contributed by atoms with Crippen LogP contribution in [-0.2, 0) is 26.0 Å². The van der Waals surface area contributed by atoms with Gasteiger partial charge < -0.3 is 15.0 Å². The Balaban J connectivity index is 1.50. The standard InChI is InChI=1S/C24H28BrN3O5S/c1-3-22(29)28-12-9-17-13-18(25)14-21(23(17)28)34(31,32)27-10-7-16(8-11-27)24(30)26-19-5-4-6-20(15-19)33-2/h4-6,13-16H,3,7-12H2,1-2H3,(H,26,30). The fourth-order valence-electron chi connectivity index (χ4n) is 4.55. The number of methoxy groups -OCH3 is 1. The maximum absolute atomic E-state index is 13.6. The van der Waals surface area contributed by atoms with Gasteiger partial charge in [-0.25, -0.2) is 8.42 Å². The zero-order chi connectivity index (χ0) is 24.5. The lowest BCUT2D eigenvalue weighted by Crippen LogP contribution is -2.42. The lowest BCUT2D eigenvalue weighted by Gasteiger charge is -2.31. The number of nitrogens with one attached hydrogen (secondary N) is 1. The molecule has 0 aliphatic carbocycles. The van der Waals surface area contributed by atoms with E-state index in [9.17, 15) is 18.0 Å². The molecule has 0 radical (unpaired) electrons. The van der Waals surface area contributed by atoms with Crippen molar-refractivity contribution in [2.24, 2.45) is 5.92 Å². The molecular formula is C24H28BrN3O5S. The monoisotopic (exact) mass is 549 g/mol. The van der Waals surface area contributed by atoms with Crippen LogP contribution >= 0.6 is 15.9 Å². The van der Waals surface area contributed by atoms with Crippen molar-refractivity contribution in [3.05, 3.63) is 46.4 Å². The number of piperidine rings is 1. The first-order chi connectivity index (χ1) is 16.2. The molecule has 8 nitrogen and oxygen atoms in total. The summed E-state index contributed by atoms with van der Waals surface area (Å²) in [6.45, 7) is 2.73. The van der Waals surface area contributed by atoms with Gasteiger partial charge in [0.15, 0.2) is 0 Å². The maximum Gasteiger partial charge on any atom is 0.245 e. The van der Waals surface area contributed by atoms with Crippen LogP contribution in [-0.4, -0.2) is 51.3 Å². The van der Waals surface area contributed by atoms with Crippen LogP contribution in [0.5, 0.6) is 5.75 Å². The molecular weight excluding hydrogens is 522 g/mol. The number of amides is 2. The molecule has 2 aromatic rings. The van der Waals surface area contributed by atoms with Gasteiger partial charge in [-0.3, -0.25) is 9.59 Å². The molecule has 34 heavy (non-hydrogen) atoms. The summed E-state index contributed by atoms with van der Waals surface area (Å²) in [4.78, 5) is 27.0. The maximum atomic E-state index is 13.6. The predicted octanol–water partition coefficient (Wildman–Crippen LogP) is 3.80.